The monoisotopic (exact) mass is 282 g/mol. The molecule has 1 unspecified atom stereocenters. The lowest BCUT2D eigenvalue weighted by Crippen LogP contribution is -2.49. The molecule has 4 N–H and O–H groups in total. The number of nitrogens with two attached hydrogens (primary N) is 1. The lowest BCUT2D eigenvalue weighted by atomic mass is 10.1. The number of hydrogen-bond donors (Lipinski definition) is 3. The van der Waals surface area contributed by atoms with Crippen LogP contribution in [0.25, 0.3) is 0 Å². The number of β-amino-alcohol motifs (C(OH)–C–C–N with tert-alkyl or cyclic N) is 1. The van der Waals surface area contributed by atoms with Crippen LogP contribution in [-0.2, 0) is 4.79 Å². The van der Waals surface area contributed by atoms with Crippen molar-refractivity contribution < 1.29 is 15.0 Å². The number of anilines is 2. The molecule has 104 valence electrons. The molecule has 0 saturated heterocycles. The molecule has 1 heterocycles. The lowest BCUT2D eigenvalue weighted by Gasteiger charge is -2.38. The molecule has 0 spiro atoms. The molecule has 0 aliphatic carbocycles. The molecule has 0 aromatic heterocycles. The van der Waals surface area contributed by atoms with Crippen molar-refractivity contribution in [1.82, 2.24) is 0 Å². The molecule has 19 heavy (non-hydrogen) atoms. The average molecular weight is 282 g/mol. The van der Waals surface area contributed by atoms with Crippen LogP contribution in [0.4, 0.5) is 11.4 Å². The average Bonchev–Trinajstić information content (AvgIpc) is 2.34. The fraction of sp³-hybridized carbons (Fsp3) is 0.462. The van der Waals surface area contributed by atoms with Crippen LogP contribution in [0, 0.1) is 0 Å². The Bertz CT molecular complexity index is 505. The molecule has 0 radical (unpaired) electrons. The second kappa shape index (κ2) is 5.03. The Balaban J connectivity index is 2.43. The van der Waals surface area contributed by atoms with E-state index in [-0.39, 0.29) is 19.1 Å². The summed E-state index contributed by atoms with van der Waals surface area (Å²) in [6.07, 6.45) is -0.951. The predicted molar refractivity (Wildman–Crippen MR) is 76.2 cm³/mol. The zero-order chi connectivity index (χ0) is 14.2. The maximum atomic E-state index is 12.4. The molecule has 0 bridgehead atoms. The van der Waals surface area contributed by atoms with E-state index in [2.05, 4.69) is 0 Å². The van der Waals surface area contributed by atoms with Gasteiger partial charge in [0, 0.05) is 10.6 Å². The Hall–Kier alpha value is -1.24. The summed E-state index contributed by atoms with van der Waals surface area (Å²) < 4.78 is -0.615. The summed E-state index contributed by atoms with van der Waals surface area (Å²) in [7, 11) is 0. The summed E-state index contributed by atoms with van der Waals surface area (Å²) in [6, 6.07) is 5.32. The summed E-state index contributed by atoms with van der Waals surface area (Å²) in [5, 5.41) is 18.6. The van der Waals surface area contributed by atoms with E-state index in [1.54, 1.807) is 12.1 Å². The van der Waals surface area contributed by atoms with Crippen LogP contribution in [0.3, 0.4) is 0 Å². The van der Waals surface area contributed by atoms with Crippen molar-refractivity contribution >= 4 is 29.0 Å². The third-order valence-corrected chi connectivity index (χ3v) is 4.24. The largest absolute Gasteiger partial charge is 0.399 e. The lowest BCUT2D eigenvalue weighted by molar-refractivity contribution is -0.120. The number of aliphatic hydroxyl groups is 2. The van der Waals surface area contributed by atoms with Crippen molar-refractivity contribution in [3.63, 3.8) is 0 Å². The Labute approximate surface area is 116 Å². The Morgan fingerprint density at radius 1 is 1.47 bits per heavy atom. The first-order chi connectivity index (χ1) is 8.85. The Morgan fingerprint density at radius 2 is 2.16 bits per heavy atom. The van der Waals surface area contributed by atoms with Gasteiger partial charge < -0.3 is 20.8 Å². The molecule has 5 nitrogen and oxygen atoms in total. The van der Waals surface area contributed by atoms with Crippen molar-refractivity contribution in [2.24, 2.45) is 0 Å². The minimum absolute atomic E-state index is 0.0796. The van der Waals surface area contributed by atoms with Gasteiger partial charge in [0.15, 0.2) is 0 Å². The molecule has 1 aromatic carbocycles. The van der Waals surface area contributed by atoms with Crippen LogP contribution in [-0.4, -0.2) is 40.1 Å². The van der Waals surface area contributed by atoms with Gasteiger partial charge in [-0.2, -0.15) is 0 Å². The zero-order valence-corrected chi connectivity index (χ0v) is 11.8. The van der Waals surface area contributed by atoms with E-state index in [0.717, 1.165) is 10.6 Å². The zero-order valence-electron chi connectivity index (χ0n) is 11.0. The van der Waals surface area contributed by atoms with Gasteiger partial charge >= 0.3 is 0 Å². The molecule has 1 amide bonds. The van der Waals surface area contributed by atoms with Gasteiger partial charge in [-0.05, 0) is 32.0 Å². The minimum Gasteiger partial charge on any atom is -0.399 e. The Morgan fingerprint density at radius 3 is 2.79 bits per heavy atom. The second-order valence-electron chi connectivity index (χ2n) is 5.09. The fourth-order valence-electron chi connectivity index (χ4n) is 2.04. The van der Waals surface area contributed by atoms with Crippen LogP contribution < -0.4 is 10.6 Å². The van der Waals surface area contributed by atoms with Gasteiger partial charge in [-0.15, -0.1) is 11.8 Å². The van der Waals surface area contributed by atoms with Crippen LogP contribution >= 0.6 is 11.8 Å². The molecule has 1 aliphatic heterocycles. The molecule has 1 aliphatic rings. The van der Waals surface area contributed by atoms with Crippen molar-refractivity contribution in [2.75, 3.05) is 23.8 Å². The number of amides is 1. The summed E-state index contributed by atoms with van der Waals surface area (Å²) >= 11 is 1.46. The quantitative estimate of drug-likeness (QED) is 0.715. The molecular formula is C13H18N2O3S. The number of fused-ring (bicyclic) bond motifs is 1. The van der Waals surface area contributed by atoms with Crippen LogP contribution in [0.15, 0.2) is 23.1 Å². The molecular weight excluding hydrogens is 264 g/mol. The third kappa shape index (κ3) is 2.70. The summed E-state index contributed by atoms with van der Waals surface area (Å²) in [6.45, 7) is 3.38. The highest BCUT2D eigenvalue weighted by atomic mass is 32.2. The van der Waals surface area contributed by atoms with E-state index in [9.17, 15) is 9.90 Å². The topological polar surface area (TPSA) is 86.8 Å². The molecule has 6 heteroatoms. The van der Waals surface area contributed by atoms with Gasteiger partial charge in [-0.25, -0.2) is 0 Å². The number of nitrogens with zero attached hydrogens (tertiary/aromatic N) is 1. The number of thioether (sulfide) groups is 1. The van der Waals surface area contributed by atoms with Crippen LogP contribution in [0.1, 0.15) is 13.8 Å². The van der Waals surface area contributed by atoms with Crippen molar-refractivity contribution in [3.05, 3.63) is 18.2 Å². The second-order valence-corrected chi connectivity index (χ2v) is 6.76. The number of benzene rings is 1. The first-order valence-electron chi connectivity index (χ1n) is 6.04. The van der Waals surface area contributed by atoms with Gasteiger partial charge in [-0.1, -0.05) is 0 Å². The van der Waals surface area contributed by atoms with Crippen LogP contribution in [0.2, 0.25) is 0 Å². The summed E-state index contributed by atoms with van der Waals surface area (Å²) in [5.41, 5.74) is 7.14. The maximum absolute atomic E-state index is 12.4. The van der Waals surface area contributed by atoms with Crippen molar-refractivity contribution in [1.29, 1.82) is 0 Å². The SMILES string of the molecule is CC1(C)Sc2cc(N)ccc2N(CC(O)CO)C1=O. The number of carbonyl (C=O) groups is 1. The van der Waals surface area contributed by atoms with E-state index in [4.69, 9.17) is 10.8 Å². The van der Waals surface area contributed by atoms with E-state index in [1.807, 2.05) is 19.9 Å². The first-order valence-corrected chi connectivity index (χ1v) is 6.86. The molecule has 1 aromatic rings. The number of aliphatic hydroxyl groups excluding tert-OH is 2. The van der Waals surface area contributed by atoms with Crippen molar-refractivity contribution in [2.45, 2.75) is 29.6 Å². The highest BCUT2D eigenvalue weighted by Crippen LogP contribution is 2.45. The summed E-state index contributed by atoms with van der Waals surface area (Å²) in [5.74, 6) is -0.0812. The maximum Gasteiger partial charge on any atom is 0.243 e. The molecule has 0 saturated carbocycles. The highest BCUT2D eigenvalue weighted by molar-refractivity contribution is 8.01. The first kappa shape index (κ1) is 14.2. The molecule has 2 rings (SSSR count). The standard InChI is InChI=1S/C13H18N2O3S/c1-13(2)12(18)15(6-9(17)7-16)10-4-3-8(14)5-11(10)19-13/h3-5,9,16-17H,6-7,14H2,1-2H3. The van der Waals surface area contributed by atoms with E-state index >= 15 is 0 Å². The van der Waals surface area contributed by atoms with Gasteiger partial charge in [0.05, 0.1) is 29.7 Å². The van der Waals surface area contributed by atoms with Gasteiger partial charge in [0.25, 0.3) is 0 Å². The van der Waals surface area contributed by atoms with Gasteiger partial charge in [0.1, 0.15) is 0 Å². The molecule has 0 fully saturated rings. The number of hydrogen-bond acceptors (Lipinski definition) is 5. The predicted octanol–water partition coefficient (Wildman–Crippen LogP) is 0.839. The van der Waals surface area contributed by atoms with Crippen molar-refractivity contribution in [3.8, 4) is 0 Å². The number of rotatable bonds is 3. The fourth-order valence-corrected chi connectivity index (χ4v) is 3.26. The van der Waals surface area contributed by atoms with Gasteiger partial charge in [-0.3, -0.25) is 4.79 Å². The summed E-state index contributed by atoms with van der Waals surface area (Å²) in [4.78, 5) is 14.9. The normalized spacial score (nSPS) is 19.2. The minimum atomic E-state index is -0.951. The number of carbonyl (C=O) groups excluding carboxylic acids is 1. The highest BCUT2D eigenvalue weighted by Gasteiger charge is 2.40. The van der Waals surface area contributed by atoms with E-state index < -0.39 is 10.9 Å². The Kier molecular flexibility index (Phi) is 3.75. The number of nitrogen functional groups attached to an aromatic ring is 1. The van der Waals surface area contributed by atoms with E-state index in [0.29, 0.717) is 5.69 Å². The smallest absolute Gasteiger partial charge is 0.243 e. The molecule has 1 atom stereocenters. The third-order valence-electron chi connectivity index (χ3n) is 3.00. The van der Waals surface area contributed by atoms with Gasteiger partial charge in [0.2, 0.25) is 5.91 Å². The van der Waals surface area contributed by atoms with E-state index in [1.165, 1.54) is 16.7 Å². The van der Waals surface area contributed by atoms with Crippen LogP contribution in [0.5, 0.6) is 0 Å².